The lowest BCUT2D eigenvalue weighted by Gasteiger charge is -2.37. The van der Waals surface area contributed by atoms with Crippen molar-refractivity contribution in [3.63, 3.8) is 0 Å². The van der Waals surface area contributed by atoms with E-state index in [1.807, 2.05) is 56.3 Å². The second-order valence-corrected chi connectivity index (χ2v) is 7.70. The molecule has 4 nitrogen and oxygen atoms in total. The quantitative estimate of drug-likeness (QED) is 0.847. The van der Waals surface area contributed by atoms with Gasteiger partial charge in [0, 0.05) is 17.6 Å². The number of amides is 2. The largest absolute Gasteiger partial charge is 0.324 e. The number of hydrogen-bond acceptors (Lipinski definition) is 3. The van der Waals surface area contributed by atoms with Crippen molar-refractivity contribution in [3.8, 4) is 0 Å². The number of fused-ring (bicyclic) bond motifs is 1. The van der Waals surface area contributed by atoms with Gasteiger partial charge in [-0.2, -0.15) is 0 Å². The molecule has 24 heavy (non-hydrogen) atoms. The van der Waals surface area contributed by atoms with E-state index in [0.29, 0.717) is 0 Å². The Hall–Kier alpha value is -2.27. The van der Waals surface area contributed by atoms with Crippen molar-refractivity contribution in [2.75, 3.05) is 17.3 Å². The van der Waals surface area contributed by atoms with Crippen molar-refractivity contribution in [1.29, 1.82) is 0 Å². The number of hydrogen-bond donors (Lipinski definition) is 1. The van der Waals surface area contributed by atoms with E-state index in [-0.39, 0.29) is 11.8 Å². The molecule has 124 valence electrons. The highest BCUT2D eigenvalue weighted by Gasteiger charge is 2.48. The fraction of sp³-hybridized carbons (Fsp3) is 0.263. The SMILES string of the molecule is Cc1ccc(NC(=O)C2(C)Sc3ccccc3N(C)C2=O)c(C)c1. The molecule has 0 saturated heterocycles. The molecule has 0 saturated carbocycles. The van der Waals surface area contributed by atoms with Gasteiger partial charge in [-0.1, -0.05) is 41.6 Å². The highest BCUT2D eigenvalue weighted by molar-refractivity contribution is 8.02. The van der Waals surface area contributed by atoms with Gasteiger partial charge in [-0.25, -0.2) is 0 Å². The Balaban J connectivity index is 1.93. The van der Waals surface area contributed by atoms with E-state index < -0.39 is 4.75 Å². The summed E-state index contributed by atoms with van der Waals surface area (Å²) in [6.07, 6.45) is 0. The average molecular weight is 340 g/mol. The third-order valence-corrected chi connectivity index (χ3v) is 5.65. The van der Waals surface area contributed by atoms with Gasteiger partial charge in [0.1, 0.15) is 0 Å². The Labute approximate surface area is 146 Å². The first kappa shape index (κ1) is 16.6. The van der Waals surface area contributed by atoms with Gasteiger partial charge in [0.15, 0.2) is 4.75 Å². The van der Waals surface area contributed by atoms with E-state index in [2.05, 4.69) is 5.32 Å². The molecular formula is C19H20N2O2S. The molecule has 3 rings (SSSR count). The van der Waals surface area contributed by atoms with Gasteiger partial charge >= 0.3 is 0 Å². The van der Waals surface area contributed by atoms with Gasteiger partial charge in [0.05, 0.1) is 5.69 Å². The molecule has 5 heteroatoms. The molecule has 2 amide bonds. The summed E-state index contributed by atoms with van der Waals surface area (Å²) in [4.78, 5) is 28.2. The van der Waals surface area contributed by atoms with Gasteiger partial charge in [0.2, 0.25) is 5.91 Å². The van der Waals surface area contributed by atoms with Crippen LogP contribution in [0, 0.1) is 13.8 Å². The Morgan fingerprint density at radius 2 is 1.88 bits per heavy atom. The predicted octanol–water partition coefficient (Wildman–Crippen LogP) is 3.77. The Morgan fingerprint density at radius 1 is 1.17 bits per heavy atom. The number of thioether (sulfide) groups is 1. The van der Waals surface area contributed by atoms with Crippen LogP contribution in [0.25, 0.3) is 0 Å². The molecule has 1 aliphatic heterocycles. The maximum atomic E-state index is 12.9. The third-order valence-electron chi connectivity index (χ3n) is 4.32. The standard InChI is InChI=1S/C19H20N2O2S/c1-12-9-10-14(13(2)11-12)20-17(22)19(3)18(23)21(4)15-7-5-6-8-16(15)24-19/h5-11H,1-4H3,(H,20,22). The lowest BCUT2D eigenvalue weighted by Crippen LogP contribution is -2.53. The van der Waals surface area contributed by atoms with E-state index in [0.717, 1.165) is 27.4 Å². The number of nitrogens with one attached hydrogen (secondary N) is 1. The van der Waals surface area contributed by atoms with Gasteiger partial charge in [-0.3, -0.25) is 9.59 Å². The molecule has 0 aliphatic carbocycles. The molecule has 0 bridgehead atoms. The highest BCUT2D eigenvalue weighted by Crippen LogP contribution is 2.45. The summed E-state index contributed by atoms with van der Waals surface area (Å²) in [5.41, 5.74) is 3.69. The number of anilines is 2. The molecule has 0 aromatic heterocycles. The second-order valence-electron chi connectivity index (χ2n) is 6.24. The lowest BCUT2D eigenvalue weighted by atomic mass is 10.1. The van der Waals surface area contributed by atoms with Crippen LogP contribution in [0.1, 0.15) is 18.1 Å². The van der Waals surface area contributed by atoms with E-state index in [9.17, 15) is 9.59 Å². The molecule has 2 aromatic rings. The topological polar surface area (TPSA) is 49.4 Å². The summed E-state index contributed by atoms with van der Waals surface area (Å²) in [6, 6.07) is 13.5. The monoisotopic (exact) mass is 340 g/mol. The molecule has 1 aliphatic rings. The Bertz CT molecular complexity index is 834. The first-order valence-electron chi connectivity index (χ1n) is 7.78. The van der Waals surface area contributed by atoms with Crippen LogP contribution in [0.4, 0.5) is 11.4 Å². The van der Waals surface area contributed by atoms with Gasteiger partial charge in [0.25, 0.3) is 5.91 Å². The van der Waals surface area contributed by atoms with Crippen LogP contribution >= 0.6 is 11.8 Å². The summed E-state index contributed by atoms with van der Waals surface area (Å²) in [7, 11) is 1.71. The molecule has 1 heterocycles. The molecule has 1 N–H and O–H groups in total. The van der Waals surface area contributed by atoms with Gasteiger partial charge in [-0.15, -0.1) is 0 Å². The summed E-state index contributed by atoms with van der Waals surface area (Å²) in [5, 5.41) is 2.92. The first-order chi connectivity index (χ1) is 11.3. The zero-order chi connectivity index (χ0) is 17.5. The van der Waals surface area contributed by atoms with Crippen molar-refractivity contribution < 1.29 is 9.59 Å². The molecule has 2 aromatic carbocycles. The number of rotatable bonds is 2. The van der Waals surface area contributed by atoms with Crippen LogP contribution < -0.4 is 10.2 Å². The van der Waals surface area contributed by atoms with Gasteiger partial charge in [-0.05, 0) is 44.5 Å². The number of para-hydroxylation sites is 1. The van der Waals surface area contributed by atoms with Crippen LogP contribution in [0.5, 0.6) is 0 Å². The number of nitrogens with zero attached hydrogens (tertiary/aromatic N) is 1. The van der Waals surface area contributed by atoms with E-state index in [1.54, 1.807) is 18.9 Å². The first-order valence-corrected chi connectivity index (χ1v) is 8.59. The number of aryl methyl sites for hydroxylation is 2. The smallest absolute Gasteiger partial charge is 0.252 e. The van der Waals surface area contributed by atoms with Crippen molar-refractivity contribution in [2.24, 2.45) is 0 Å². The average Bonchev–Trinajstić information content (AvgIpc) is 2.55. The zero-order valence-corrected chi connectivity index (χ0v) is 15.0. The lowest BCUT2D eigenvalue weighted by molar-refractivity contribution is -0.128. The highest BCUT2D eigenvalue weighted by atomic mass is 32.2. The number of benzene rings is 2. The fourth-order valence-electron chi connectivity index (χ4n) is 2.85. The van der Waals surface area contributed by atoms with Crippen molar-refractivity contribution in [3.05, 3.63) is 53.6 Å². The minimum atomic E-state index is -1.19. The van der Waals surface area contributed by atoms with Crippen LogP contribution in [0.2, 0.25) is 0 Å². The minimum Gasteiger partial charge on any atom is -0.324 e. The summed E-state index contributed by atoms with van der Waals surface area (Å²) >= 11 is 1.30. The predicted molar refractivity (Wildman–Crippen MR) is 98.7 cm³/mol. The van der Waals surface area contributed by atoms with Crippen molar-refractivity contribution in [1.82, 2.24) is 0 Å². The van der Waals surface area contributed by atoms with Crippen molar-refractivity contribution >= 4 is 35.0 Å². The van der Waals surface area contributed by atoms with Crippen molar-refractivity contribution in [2.45, 2.75) is 30.4 Å². The summed E-state index contributed by atoms with van der Waals surface area (Å²) in [5.74, 6) is -0.515. The van der Waals surface area contributed by atoms with Crippen LogP contribution in [0.15, 0.2) is 47.4 Å². The molecular weight excluding hydrogens is 320 g/mol. The minimum absolute atomic E-state index is 0.214. The van der Waals surface area contributed by atoms with E-state index >= 15 is 0 Å². The molecule has 1 unspecified atom stereocenters. The Morgan fingerprint density at radius 3 is 2.58 bits per heavy atom. The van der Waals surface area contributed by atoms with Gasteiger partial charge < -0.3 is 10.2 Å². The maximum absolute atomic E-state index is 12.9. The number of carbonyl (C=O) groups excluding carboxylic acids is 2. The maximum Gasteiger partial charge on any atom is 0.252 e. The van der Waals surface area contributed by atoms with Crippen LogP contribution in [-0.2, 0) is 9.59 Å². The summed E-state index contributed by atoms with van der Waals surface area (Å²) < 4.78 is -1.19. The Kier molecular flexibility index (Phi) is 4.13. The number of carbonyl (C=O) groups is 2. The molecule has 0 spiro atoms. The van der Waals surface area contributed by atoms with E-state index in [1.165, 1.54) is 11.8 Å². The summed E-state index contributed by atoms with van der Waals surface area (Å²) in [6.45, 7) is 5.64. The van der Waals surface area contributed by atoms with E-state index in [4.69, 9.17) is 0 Å². The van der Waals surface area contributed by atoms with Crippen LogP contribution in [-0.4, -0.2) is 23.6 Å². The molecule has 1 atom stereocenters. The molecule has 0 radical (unpaired) electrons. The fourth-order valence-corrected chi connectivity index (χ4v) is 4.12. The second kappa shape index (κ2) is 5.98. The zero-order valence-electron chi connectivity index (χ0n) is 14.2. The normalized spacial score (nSPS) is 19.8. The van der Waals surface area contributed by atoms with Crippen LogP contribution in [0.3, 0.4) is 0 Å². The third kappa shape index (κ3) is 2.69. The molecule has 0 fully saturated rings.